The molecule has 1 aliphatic rings. The summed E-state index contributed by atoms with van der Waals surface area (Å²) in [4.78, 5) is 0.904. The molecule has 0 saturated heterocycles. The van der Waals surface area contributed by atoms with Crippen LogP contribution >= 0.6 is 12.2 Å². The summed E-state index contributed by atoms with van der Waals surface area (Å²) >= 11 is 5.62. The van der Waals surface area contributed by atoms with Crippen molar-refractivity contribution in [2.24, 2.45) is 11.8 Å². The third-order valence-electron chi connectivity index (χ3n) is 5.04. The first-order chi connectivity index (χ1) is 9.79. The molecule has 116 valence electrons. The second kappa shape index (κ2) is 6.48. The van der Waals surface area contributed by atoms with E-state index in [0.717, 1.165) is 16.5 Å². The van der Waals surface area contributed by atoms with E-state index < -0.39 is 0 Å². The van der Waals surface area contributed by atoms with Gasteiger partial charge in [-0.05, 0) is 29.2 Å². The lowest BCUT2D eigenvalue weighted by Crippen LogP contribution is -2.43. The Morgan fingerprint density at radius 1 is 1.10 bits per heavy atom. The molecule has 0 spiro atoms. The molecular formula is C19H29NS. The highest BCUT2D eigenvalue weighted by atomic mass is 32.1. The molecule has 0 aromatic heterocycles. The first-order valence-corrected chi connectivity index (χ1v) is 8.61. The van der Waals surface area contributed by atoms with Gasteiger partial charge < -0.3 is 5.32 Å². The Bertz CT molecular complexity index is 483. The Morgan fingerprint density at radius 2 is 1.71 bits per heavy atom. The SMILES string of the molecule is C[C@@H]1[C@@H](C)CCC[C@H]1NC(=S)c1ccc(C(C)(C)C)cc1. The van der Waals surface area contributed by atoms with Gasteiger partial charge in [0.2, 0.25) is 0 Å². The summed E-state index contributed by atoms with van der Waals surface area (Å²) in [6, 6.07) is 9.26. The Kier molecular flexibility index (Phi) is 5.08. The van der Waals surface area contributed by atoms with Gasteiger partial charge in [0, 0.05) is 11.6 Å². The molecular weight excluding hydrogens is 274 g/mol. The molecule has 1 aromatic rings. The van der Waals surface area contributed by atoms with E-state index in [0.29, 0.717) is 12.0 Å². The molecule has 1 fully saturated rings. The van der Waals surface area contributed by atoms with E-state index in [1.807, 2.05) is 0 Å². The molecule has 1 aromatic carbocycles. The van der Waals surface area contributed by atoms with Gasteiger partial charge in [0.1, 0.15) is 4.99 Å². The molecule has 0 unspecified atom stereocenters. The van der Waals surface area contributed by atoms with Gasteiger partial charge in [-0.2, -0.15) is 0 Å². The summed E-state index contributed by atoms with van der Waals surface area (Å²) < 4.78 is 0. The fourth-order valence-electron chi connectivity index (χ4n) is 3.16. The van der Waals surface area contributed by atoms with Gasteiger partial charge in [-0.15, -0.1) is 0 Å². The average molecular weight is 304 g/mol. The molecule has 1 N–H and O–H groups in total. The van der Waals surface area contributed by atoms with Crippen molar-refractivity contribution < 1.29 is 0 Å². The quantitative estimate of drug-likeness (QED) is 0.765. The number of benzene rings is 1. The zero-order valence-corrected chi connectivity index (χ0v) is 14.9. The summed E-state index contributed by atoms with van der Waals surface area (Å²) in [5, 5.41) is 3.60. The minimum absolute atomic E-state index is 0.195. The second-order valence-corrected chi connectivity index (χ2v) is 8.08. The van der Waals surface area contributed by atoms with Crippen molar-refractivity contribution >= 4 is 17.2 Å². The fraction of sp³-hybridized carbons (Fsp3) is 0.632. The number of hydrogen-bond acceptors (Lipinski definition) is 1. The third-order valence-corrected chi connectivity index (χ3v) is 5.39. The molecule has 0 aliphatic heterocycles. The molecule has 21 heavy (non-hydrogen) atoms. The minimum atomic E-state index is 0.195. The van der Waals surface area contributed by atoms with Crippen LogP contribution in [0.15, 0.2) is 24.3 Å². The van der Waals surface area contributed by atoms with Crippen LogP contribution in [0, 0.1) is 11.8 Å². The predicted molar refractivity (Wildman–Crippen MR) is 95.9 cm³/mol. The van der Waals surface area contributed by atoms with E-state index in [-0.39, 0.29) is 5.41 Å². The van der Waals surface area contributed by atoms with Crippen LogP contribution in [0.4, 0.5) is 0 Å². The zero-order valence-electron chi connectivity index (χ0n) is 14.1. The molecule has 1 nitrogen and oxygen atoms in total. The maximum atomic E-state index is 5.62. The van der Waals surface area contributed by atoms with E-state index in [9.17, 15) is 0 Å². The smallest absolute Gasteiger partial charge is 0.106 e. The first-order valence-electron chi connectivity index (χ1n) is 8.20. The van der Waals surface area contributed by atoms with E-state index in [4.69, 9.17) is 12.2 Å². The van der Waals surface area contributed by atoms with E-state index in [1.54, 1.807) is 0 Å². The summed E-state index contributed by atoms with van der Waals surface area (Å²) in [5.41, 5.74) is 2.69. The standard InChI is InChI=1S/C19H29NS/c1-13-7-6-8-17(14(13)2)20-18(21)15-9-11-16(12-10-15)19(3,4)5/h9-14,17H,6-8H2,1-5H3,(H,20,21)/t13-,14+,17+/m0/s1. The van der Waals surface area contributed by atoms with Gasteiger partial charge in [-0.1, -0.05) is 83.9 Å². The summed E-state index contributed by atoms with van der Waals surface area (Å²) in [6.07, 6.45) is 3.91. The van der Waals surface area contributed by atoms with E-state index >= 15 is 0 Å². The minimum Gasteiger partial charge on any atom is -0.373 e. The van der Waals surface area contributed by atoms with Crippen LogP contribution in [0.25, 0.3) is 0 Å². The number of thiocarbonyl (C=S) groups is 1. The van der Waals surface area contributed by atoms with Crippen molar-refractivity contribution in [2.75, 3.05) is 0 Å². The highest BCUT2D eigenvalue weighted by Crippen LogP contribution is 2.30. The molecule has 0 radical (unpaired) electrons. The van der Waals surface area contributed by atoms with Crippen LogP contribution in [-0.2, 0) is 5.41 Å². The van der Waals surface area contributed by atoms with Crippen LogP contribution in [0.2, 0.25) is 0 Å². The molecule has 3 atom stereocenters. The third kappa shape index (κ3) is 4.06. The molecule has 0 amide bonds. The van der Waals surface area contributed by atoms with Gasteiger partial charge >= 0.3 is 0 Å². The van der Waals surface area contributed by atoms with Gasteiger partial charge in [0.05, 0.1) is 0 Å². The molecule has 2 heteroatoms. The average Bonchev–Trinajstić information content (AvgIpc) is 2.43. The Labute approximate surface area is 135 Å². The van der Waals surface area contributed by atoms with E-state index in [2.05, 4.69) is 64.2 Å². The normalized spacial score (nSPS) is 26.4. The molecule has 1 saturated carbocycles. The molecule has 2 rings (SSSR count). The highest BCUT2D eigenvalue weighted by Gasteiger charge is 2.27. The van der Waals surface area contributed by atoms with Crippen LogP contribution < -0.4 is 5.32 Å². The van der Waals surface area contributed by atoms with Crippen molar-refractivity contribution in [2.45, 2.75) is 65.3 Å². The highest BCUT2D eigenvalue weighted by molar-refractivity contribution is 7.80. The number of nitrogens with one attached hydrogen (secondary N) is 1. The topological polar surface area (TPSA) is 12.0 Å². The fourth-order valence-corrected chi connectivity index (χ4v) is 3.45. The van der Waals surface area contributed by atoms with Crippen molar-refractivity contribution in [3.63, 3.8) is 0 Å². The Balaban J connectivity index is 2.03. The maximum Gasteiger partial charge on any atom is 0.106 e. The van der Waals surface area contributed by atoms with Crippen LogP contribution in [0.1, 0.15) is 65.0 Å². The lowest BCUT2D eigenvalue weighted by molar-refractivity contribution is 0.225. The summed E-state index contributed by atoms with van der Waals surface area (Å²) in [5.74, 6) is 1.49. The molecule has 0 heterocycles. The van der Waals surface area contributed by atoms with Gasteiger partial charge in [-0.25, -0.2) is 0 Å². The van der Waals surface area contributed by atoms with Crippen LogP contribution in [0.5, 0.6) is 0 Å². The van der Waals surface area contributed by atoms with Crippen molar-refractivity contribution in [1.29, 1.82) is 0 Å². The van der Waals surface area contributed by atoms with Crippen molar-refractivity contribution in [3.8, 4) is 0 Å². The van der Waals surface area contributed by atoms with Crippen LogP contribution in [0.3, 0.4) is 0 Å². The van der Waals surface area contributed by atoms with Crippen molar-refractivity contribution in [3.05, 3.63) is 35.4 Å². The number of rotatable bonds is 2. The lowest BCUT2D eigenvalue weighted by atomic mass is 9.78. The maximum absolute atomic E-state index is 5.62. The predicted octanol–water partition coefficient (Wildman–Crippen LogP) is 5.07. The number of hydrogen-bond donors (Lipinski definition) is 1. The molecule has 0 bridgehead atoms. The molecule has 1 aliphatic carbocycles. The van der Waals surface area contributed by atoms with Crippen LogP contribution in [-0.4, -0.2) is 11.0 Å². The van der Waals surface area contributed by atoms with Crippen molar-refractivity contribution in [1.82, 2.24) is 5.32 Å². The van der Waals surface area contributed by atoms with E-state index in [1.165, 1.54) is 24.8 Å². The zero-order chi connectivity index (χ0) is 15.6. The van der Waals surface area contributed by atoms with Gasteiger partial charge in [0.15, 0.2) is 0 Å². The summed E-state index contributed by atoms with van der Waals surface area (Å²) in [6.45, 7) is 11.4. The van der Waals surface area contributed by atoms with Gasteiger partial charge in [-0.3, -0.25) is 0 Å². The second-order valence-electron chi connectivity index (χ2n) is 7.67. The Morgan fingerprint density at radius 3 is 2.29 bits per heavy atom. The summed E-state index contributed by atoms with van der Waals surface area (Å²) in [7, 11) is 0. The van der Waals surface area contributed by atoms with Gasteiger partial charge in [0.25, 0.3) is 0 Å². The monoisotopic (exact) mass is 303 g/mol. The lowest BCUT2D eigenvalue weighted by Gasteiger charge is -2.35. The largest absolute Gasteiger partial charge is 0.373 e. The Hall–Kier alpha value is -0.890. The first kappa shape index (κ1) is 16.5.